The lowest BCUT2D eigenvalue weighted by Crippen LogP contribution is -1.92. The van der Waals surface area contributed by atoms with Crippen LogP contribution in [0.2, 0.25) is 0 Å². The molecule has 0 aliphatic rings. The van der Waals surface area contributed by atoms with Crippen molar-refractivity contribution in [2.24, 2.45) is 5.92 Å². The van der Waals surface area contributed by atoms with Crippen LogP contribution in [-0.4, -0.2) is 16.0 Å². The highest BCUT2D eigenvalue weighted by Crippen LogP contribution is 2.24. The first-order valence-corrected chi connectivity index (χ1v) is 6.29. The molecular formula is C12H10FN3OS. The van der Waals surface area contributed by atoms with Gasteiger partial charge in [-0.05, 0) is 31.2 Å². The van der Waals surface area contributed by atoms with E-state index in [0.29, 0.717) is 22.4 Å². The number of benzene rings is 1. The Hall–Kier alpha value is -1.87. The molecule has 0 saturated carbocycles. The molecule has 6 heteroatoms. The fourth-order valence-electron chi connectivity index (χ4n) is 1.21. The average molecular weight is 263 g/mol. The maximum atomic E-state index is 12.8. The zero-order valence-electron chi connectivity index (χ0n) is 9.63. The van der Waals surface area contributed by atoms with E-state index in [1.165, 1.54) is 23.9 Å². The number of nitrogens with zero attached hydrogens (tertiary/aromatic N) is 3. The van der Waals surface area contributed by atoms with Gasteiger partial charge < -0.3 is 4.42 Å². The summed E-state index contributed by atoms with van der Waals surface area (Å²) in [6.07, 6.45) is 0. The number of nitriles is 1. The summed E-state index contributed by atoms with van der Waals surface area (Å²) >= 11 is 1.33. The Morgan fingerprint density at radius 1 is 1.39 bits per heavy atom. The van der Waals surface area contributed by atoms with Gasteiger partial charge in [0.2, 0.25) is 5.89 Å². The van der Waals surface area contributed by atoms with Crippen LogP contribution in [0.3, 0.4) is 0 Å². The molecule has 0 radical (unpaired) electrons. The highest BCUT2D eigenvalue weighted by Gasteiger charge is 2.10. The standard InChI is InChI=1S/C12H10FN3OS/c1-8(6-14)7-18-12-16-15-11(17-12)9-2-4-10(13)5-3-9/h2-5,8H,7H2,1H3/t8-/m0/s1. The predicted octanol–water partition coefficient (Wildman–Crippen LogP) is 3.13. The van der Waals surface area contributed by atoms with Crippen LogP contribution in [-0.2, 0) is 0 Å². The van der Waals surface area contributed by atoms with Gasteiger partial charge in [0.15, 0.2) is 0 Å². The maximum Gasteiger partial charge on any atom is 0.276 e. The summed E-state index contributed by atoms with van der Waals surface area (Å²) in [5.41, 5.74) is 0.670. The topological polar surface area (TPSA) is 62.7 Å². The van der Waals surface area contributed by atoms with Gasteiger partial charge in [0.25, 0.3) is 5.22 Å². The second kappa shape index (κ2) is 5.65. The molecule has 2 rings (SSSR count). The van der Waals surface area contributed by atoms with Crippen LogP contribution in [0.25, 0.3) is 11.5 Å². The summed E-state index contributed by atoms with van der Waals surface area (Å²) in [5.74, 6) is 0.565. The monoisotopic (exact) mass is 263 g/mol. The molecule has 18 heavy (non-hydrogen) atoms. The van der Waals surface area contributed by atoms with Crippen LogP contribution in [0.4, 0.5) is 4.39 Å². The predicted molar refractivity (Wildman–Crippen MR) is 65.2 cm³/mol. The van der Waals surface area contributed by atoms with E-state index in [1.54, 1.807) is 12.1 Å². The molecule has 1 aromatic heterocycles. The third-order valence-corrected chi connectivity index (χ3v) is 3.25. The summed E-state index contributed by atoms with van der Waals surface area (Å²) in [4.78, 5) is 0. The molecule has 0 fully saturated rings. The first kappa shape index (κ1) is 12.6. The van der Waals surface area contributed by atoms with Crippen LogP contribution < -0.4 is 0 Å². The van der Waals surface area contributed by atoms with Gasteiger partial charge in [-0.3, -0.25) is 0 Å². The molecule has 4 nitrogen and oxygen atoms in total. The first-order valence-electron chi connectivity index (χ1n) is 5.31. The average Bonchev–Trinajstić information content (AvgIpc) is 2.85. The number of thioether (sulfide) groups is 1. The van der Waals surface area contributed by atoms with Crippen LogP contribution in [0.1, 0.15) is 6.92 Å². The molecule has 0 amide bonds. The van der Waals surface area contributed by atoms with Gasteiger partial charge in [-0.1, -0.05) is 11.8 Å². The third-order valence-electron chi connectivity index (χ3n) is 2.17. The quantitative estimate of drug-likeness (QED) is 0.793. The Balaban J connectivity index is 2.06. The number of hydrogen-bond donors (Lipinski definition) is 0. The van der Waals surface area contributed by atoms with Crippen molar-refractivity contribution in [1.82, 2.24) is 10.2 Å². The molecular weight excluding hydrogens is 253 g/mol. The normalized spacial score (nSPS) is 12.1. The Bertz CT molecular complexity index is 561. The molecule has 0 N–H and O–H groups in total. The zero-order valence-corrected chi connectivity index (χ0v) is 10.4. The fraction of sp³-hybridized carbons (Fsp3) is 0.250. The van der Waals surface area contributed by atoms with Crippen LogP contribution in [0, 0.1) is 23.1 Å². The molecule has 2 aromatic rings. The van der Waals surface area contributed by atoms with E-state index >= 15 is 0 Å². The van der Waals surface area contributed by atoms with E-state index in [9.17, 15) is 4.39 Å². The largest absolute Gasteiger partial charge is 0.411 e. The number of rotatable bonds is 4. The van der Waals surface area contributed by atoms with Gasteiger partial charge in [-0.2, -0.15) is 5.26 Å². The van der Waals surface area contributed by atoms with Gasteiger partial charge in [0, 0.05) is 11.3 Å². The van der Waals surface area contributed by atoms with Gasteiger partial charge in [-0.25, -0.2) is 4.39 Å². The molecule has 0 saturated heterocycles. The van der Waals surface area contributed by atoms with Crippen molar-refractivity contribution in [1.29, 1.82) is 5.26 Å². The maximum absolute atomic E-state index is 12.8. The summed E-state index contributed by atoms with van der Waals surface area (Å²) in [7, 11) is 0. The second-order valence-electron chi connectivity index (χ2n) is 3.72. The fourth-order valence-corrected chi connectivity index (χ4v) is 1.91. The molecule has 1 aromatic carbocycles. The summed E-state index contributed by atoms with van der Waals surface area (Å²) < 4.78 is 18.2. The molecule has 1 heterocycles. The van der Waals surface area contributed by atoms with E-state index in [0.717, 1.165) is 0 Å². The van der Waals surface area contributed by atoms with Gasteiger partial charge >= 0.3 is 0 Å². The van der Waals surface area contributed by atoms with E-state index in [-0.39, 0.29) is 11.7 Å². The molecule has 0 aliphatic carbocycles. The molecule has 0 unspecified atom stereocenters. The van der Waals surface area contributed by atoms with Gasteiger partial charge in [0.05, 0.1) is 12.0 Å². The number of hydrogen-bond acceptors (Lipinski definition) is 5. The Morgan fingerprint density at radius 2 is 2.11 bits per heavy atom. The Morgan fingerprint density at radius 3 is 2.78 bits per heavy atom. The van der Waals surface area contributed by atoms with Crippen molar-refractivity contribution in [3.8, 4) is 17.5 Å². The molecule has 0 spiro atoms. The minimum Gasteiger partial charge on any atom is -0.411 e. The lowest BCUT2D eigenvalue weighted by molar-refractivity contribution is 0.465. The lowest BCUT2D eigenvalue weighted by atomic mass is 10.2. The Kier molecular flexibility index (Phi) is 3.95. The summed E-state index contributed by atoms with van der Waals surface area (Å²) in [6.45, 7) is 1.82. The van der Waals surface area contributed by atoms with Crippen molar-refractivity contribution in [3.63, 3.8) is 0 Å². The van der Waals surface area contributed by atoms with E-state index in [2.05, 4.69) is 16.3 Å². The number of aromatic nitrogens is 2. The SMILES string of the molecule is C[C@@H](C#N)CSc1nnc(-c2ccc(F)cc2)o1. The summed E-state index contributed by atoms with van der Waals surface area (Å²) in [5, 5.41) is 16.8. The van der Waals surface area contributed by atoms with Gasteiger partial charge in [-0.15, -0.1) is 10.2 Å². The molecule has 0 bridgehead atoms. The van der Waals surface area contributed by atoms with E-state index in [1.807, 2.05) is 6.92 Å². The Labute approximate surface area is 108 Å². The zero-order chi connectivity index (χ0) is 13.0. The van der Waals surface area contributed by atoms with Crippen molar-refractivity contribution < 1.29 is 8.81 Å². The molecule has 0 aliphatic heterocycles. The highest BCUT2D eigenvalue weighted by molar-refractivity contribution is 7.99. The van der Waals surface area contributed by atoms with Crippen LogP contribution >= 0.6 is 11.8 Å². The minimum atomic E-state index is -0.310. The molecule has 92 valence electrons. The second-order valence-corrected chi connectivity index (χ2v) is 4.69. The first-order chi connectivity index (χ1) is 8.69. The summed E-state index contributed by atoms with van der Waals surface area (Å²) in [6, 6.07) is 7.96. The van der Waals surface area contributed by atoms with Crippen LogP contribution in [0.15, 0.2) is 33.9 Å². The highest BCUT2D eigenvalue weighted by atomic mass is 32.2. The lowest BCUT2D eigenvalue weighted by Gasteiger charge is -1.97. The van der Waals surface area contributed by atoms with Crippen molar-refractivity contribution in [3.05, 3.63) is 30.1 Å². The molecule has 1 atom stereocenters. The van der Waals surface area contributed by atoms with Crippen molar-refractivity contribution in [2.45, 2.75) is 12.1 Å². The van der Waals surface area contributed by atoms with Crippen molar-refractivity contribution >= 4 is 11.8 Å². The smallest absolute Gasteiger partial charge is 0.276 e. The van der Waals surface area contributed by atoms with Gasteiger partial charge in [0.1, 0.15) is 5.82 Å². The van der Waals surface area contributed by atoms with E-state index < -0.39 is 0 Å². The number of halogens is 1. The minimum absolute atomic E-state index is 0.0730. The third kappa shape index (κ3) is 3.08. The van der Waals surface area contributed by atoms with E-state index in [4.69, 9.17) is 9.68 Å². The van der Waals surface area contributed by atoms with Crippen LogP contribution in [0.5, 0.6) is 0 Å². The van der Waals surface area contributed by atoms with Crippen molar-refractivity contribution in [2.75, 3.05) is 5.75 Å².